The molecule has 15 nitrogen and oxygen atoms in total. The normalized spacial score (nSPS) is 22.7. The number of likely N-dealkylation sites (tertiary alicyclic amines) is 1. The fourth-order valence-corrected chi connectivity index (χ4v) is 10.6. The number of carbonyl (C=O) groups excluding carboxylic acids is 3. The van der Waals surface area contributed by atoms with Crippen molar-refractivity contribution in [2.75, 3.05) is 49.5 Å². The number of rotatable bonds is 12. The highest BCUT2D eigenvalue weighted by Gasteiger charge is 2.33. The number of alkyl halides is 2. The number of hydrogen-bond donors (Lipinski definition) is 2. The number of nitrogens with zero attached hydrogens (tertiary/aromatic N) is 9. The van der Waals surface area contributed by atoms with Crippen LogP contribution in [0, 0.1) is 29.6 Å². The number of hydrogen-bond acceptors (Lipinski definition) is 10. The summed E-state index contributed by atoms with van der Waals surface area (Å²) in [6.45, 7) is 5.04. The third-order valence-electron chi connectivity index (χ3n) is 14.4. The number of nitrogens with one attached hydrogen (secondary N) is 2. The summed E-state index contributed by atoms with van der Waals surface area (Å²) in [6.07, 6.45) is 14.6. The van der Waals surface area contributed by atoms with Crippen LogP contribution >= 0.6 is 0 Å². The number of anilines is 2. The number of halogens is 2. The molecule has 342 valence electrons. The van der Waals surface area contributed by atoms with Gasteiger partial charge in [-0.25, -0.2) is 18.3 Å². The average Bonchev–Trinajstić information content (AvgIpc) is 3.69. The highest BCUT2D eigenvalue weighted by Crippen LogP contribution is 2.39. The van der Waals surface area contributed by atoms with Gasteiger partial charge in [-0.2, -0.15) is 15.3 Å². The molecule has 3 amide bonds. The number of aryl methyl sites for hydroxylation is 1. The van der Waals surface area contributed by atoms with Gasteiger partial charge in [0.15, 0.2) is 11.3 Å². The van der Waals surface area contributed by atoms with Crippen molar-refractivity contribution in [3.63, 3.8) is 0 Å². The molecule has 0 bridgehead atoms. The Morgan fingerprint density at radius 3 is 2.46 bits per heavy atom. The number of imide groups is 1. The second-order valence-electron chi connectivity index (χ2n) is 18.9. The number of carbonyl (C=O) groups is 3. The average molecular weight is 890 g/mol. The Labute approximate surface area is 376 Å². The lowest BCUT2D eigenvalue weighted by atomic mass is 9.85. The molecule has 1 unspecified atom stereocenters. The number of amides is 3. The molecule has 0 spiro atoms. The summed E-state index contributed by atoms with van der Waals surface area (Å²) in [5.41, 5.74) is 2.55. The van der Waals surface area contributed by atoms with Crippen molar-refractivity contribution in [1.82, 2.24) is 44.4 Å². The Hall–Kier alpha value is -5.73. The molecule has 5 fully saturated rings. The Bertz CT molecular complexity index is 2620. The Balaban J connectivity index is 0.686. The van der Waals surface area contributed by atoms with Crippen molar-refractivity contribution in [2.45, 2.75) is 108 Å². The first-order valence-electron chi connectivity index (χ1n) is 23.5. The lowest BCUT2D eigenvalue weighted by Gasteiger charge is -2.36. The smallest absolute Gasteiger partial charge is 0.284 e. The van der Waals surface area contributed by atoms with Crippen LogP contribution in [0.25, 0.3) is 16.6 Å². The molecule has 17 heteroatoms. The highest BCUT2D eigenvalue weighted by atomic mass is 19.3. The molecular formula is C48H57F2N11O4. The molecule has 4 aromatic heterocycles. The molecule has 65 heavy (non-hydrogen) atoms. The number of ether oxygens (including phenoxy) is 1. The summed E-state index contributed by atoms with van der Waals surface area (Å²) >= 11 is 0. The molecule has 0 radical (unpaired) electrons. The second kappa shape index (κ2) is 18.6. The van der Waals surface area contributed by atoms with E-state index in [1.807, 2.05) is 31.3 Å². The minimum atomic E-state index is -2.85. The zero-order chi connectivity index (χ0) is 44.6. The van der Waals surface area contributed by atoms with Gasteiger partial charge in [-0.3, -0.25) is 29.1 Å². The van der Waals surface area contributed by atoms with E-state index in [0.717, 1.165) is 118 Å². The monoisotopic (exact) mass is 889 g/mol. The van der Waals surface area contributed by atoms with E-state index in [4.69, 9.17) is 9.72 Å². The van der Waals surface area contributed by atoms with E-state index < -0.39 is 23.9 Å². The molecule has 10 rings (SSSR count). The van der Waals surface area contributed by atoms with Crippen LogP contribution < -0.4 is 15.5 Å². The maximum Gasteiger partial charge on any atom is 0.284 e. The summed E-state index contributed by atoms with van der Waals surface area (Å²) in [5.74, 6) is 7.88. The van der Waals surface area contributed by atoms with Gasteiger partial charge in [0, 0.05) is 64.0 Å². The molecule has 2 saturated carbocycles. The maximum atomic E-state index is 14.4. The van der Waals surface area contributed by atoms with E-state index in [9.17, 15) is 23.2 Å². The number of benzene rings is 1. The maximum absolute atomic E-state index is 14.4. The number of fused-ring (bicyclic) bond motifs is 2. The van der Waals surface area contributed by atoms with E-state index in [1.54, 1.807) is 26.3 Å². The third-order valence-corrected chi connectivity index (χ3v) is 14.4. The first kappa shape index (κ1) is 43.2. The number of aromatic nitrogens is 7. The van der Waals surface area contributed by atoms with Gasteiger partial charge in [-0.15, -0.1) is 0 Å². The summed E-state index contributed by atoms with van der Waals surface area (Å²) in [6, 6.07) is 7.70. The Morgan fingerprint density at radius 2 is 1.71 bits per heavy atom. The summed E-state index contributed by atoms with van der Waals surface area (Å²) in [5, 5.41) is 19.3. The number of piperidine rings is 3. The van der Waals surface area contributed by atoms with Crippen LogP contribution in [-0.4, -0.2) is 102 Å². The van der Waals surface area contributed by atoms with Gasteiger partial charge >= 0.3 is 0 Å². The van der Waals surface area contributed by atoms with E-state index >= 15 is 0 Å². The van der Waals surface area contributed by atoms with Gasteiger partial charge in [-0.1, -0.05) is 36.8 Å². The van der Waals surface area contributed by atoms with Gasteiger partial charge in [0.1, 0.15) is 18.0 Å². The van der Waals surface area contributed by atoms with Crippen LogP contribution in [0.1, 0.15) is 129 Å². The Morgan fingerprint density at radius 1 is 0.938 bits per heavy atom. The number of para-hydroxylation sites is 1. The van der Waals surface area contributed by atoms with Crippen molar-refractivity contribution >= 4 is 45.8 Å². The Kier molecular flexibility index (Phi) is 12.4. The summed E-state index contributed by atoms with van der Waals surface area (Å²) in [7, 11) is 1.85. The molecule has 1 aromatic carbocycles. The summed E-state index contributed by atoms with van der Waals surface area (Å²) in [4.78, 5) is 47.5. The van der Waals surface area contributed by atoms with Crippen LogP contribution in [0.5, 0.6) is 0 Å². The third kappa shape index (κ3) is 9.51. The van der Waals surface area contributed by atoms with Gasteiger partial charge in [0.25, 0.3) is 12.3 Å². The van der Waals surface area contributed by atoms with Gasteiger partial charge in [0.05, 0.1) is 46.7 Å². The van der Waals surface area contributed by atoms with E-state index in [1.165, 1.54) is 25.5 Å². The van der Waals surface area contributed by atoms with Gasteiger partial charge in [0.2, 0.25) is 11.8 Å². The molecule has 1 atom stereocenters. The zero-order valence-electron chi connectivity index (χ0n) is 36.9. The van der Waals surface area contributed by atoms with Crippen molar-refractivity contribution in [1.29, 1.82) is 0 Å². The predicted octanol–water partition coefficient (Wildman–Crippen LogP) is 6.80. The van der Waals surface area contributed by atoms with Crippen LogP contribution in [-0.2, 0) is 21.4 Å². The molecule has 3 aliphatic heterocycles. The van der Waals surface area contributed by atoms with Crippen molar-refractivity contribution in [2.24, 2.45) is 24.8 Å². The SMILES string of the molecule is Cn1nc(C2CCC(=O)NC2=O)c2cccc(C#CCOC3CCN(C[C@H]4CC[C@H](n5cc(NC(=O)c6cnn7ccc(N8CCC(CC9CC9)CC8)nc67)c(C(F)F)n5)CC4)CC3)c21. The minimum Gasteiger partial charge on any atom is -0.365 e. The first-order valence-corrected chi connectivity index (χ1v) is 23.5. The van der Waals surface area contributed by atoms with Crippen molar-refractivity contribution < 1.29 is 27.9 Å². The van der Waals surface area contributed by atoms with Crippen LogP contribution in [0.4, 0.5) is 20.3 Å². The van der Waals surface area contributed by atoms with Gasteiger partial charge < -0.3 is 19.9 Å². The lowest BCUT2D eigenvalue weighted by Crippen LogP contribution is -2.40. The van der Waals surface area contributed by atoms with E-state index in [-0.39, 0.29) is 35.2 Å². The lowest BCUT2D eigenvalue weighted by molar-refractivity contribution is -0.134. The van der Waals surface area contributed by atoms with Crippen molar-refractivity contribution in [3.05, 3.63) is 65.4 Å². The molecule has 3 saturated heterocycles. The molecule has 2 N–H and O–H groups in total. The van der Waals surface area contributed by atoms with E-state index in [0.29, 0.717) is 36.7 Å². The largest absolute Gasteiger partial charge is 0.365 e. The molecule has 2 aliphatic carbocycles. The zero-order valence-corrected chi connectivity index (χ0v) is 36.9. The fourth-order valence-electron chi connectivity index (χ4n) is 10.6. The molecule has 5 aliphatic rings. The summed E-state index contributed by atoms with van der Waals surface area (Å²) < 4.78 is 39.9. The topological polar surface area (TPSA) is 157 Å². The molecule has 7 heterocycles. The molecule has 5 aromatic rings. The highest BCUT2D eigenvalue weighted by molar-refractivity contribution is 6.08. The minimum absolute atomic E-state index is 0.0165. The predicted molar refractivity (Wildman–Crippen MR) is 240 cm³/mol. The van der Waals surface area contributed by atoms with Crippen LogP contribution in [0.2, 0.25) is 0 Å². The molecular weight excluding hydrogens is 833 g/mol. The standard InChI is InChI=1S/C48H57F2N11O4/c1-57-44-33(4-2-6-36(44)42(55-57)37-13-14-41(62)54-47(37)63)5-3-25-65-35-17-20-58(21-18-35)28-32-9-11-34(12-10-32)61-29-39(43(56-61)45(49)50)52-48(64)38-27-51-60-24-19-40(53-46(38)60)59-22-15-31(16-23-59)26-30-7-8-30/h2,4,6,19,24,27,29-32,34-35,37,45H,7-18,20-23,25-26,28H2,1H3,(H,52,64)(H,54,62,63)/t32-,34-,37?. The van der Waals surface area contributed by atoms with Crippen LogP contribution in [0.3, 0.4) is 0 Å². The second-order valence-corrected chi connectivity index (χ2v) is 18.9. The van der Waals surface area contributed by atoms with E-state index in [2.05, 4.69) is 47.6 Å². The van der Waals surface area contributed by atoms with Gasteiger partial charge in [-0.05, 0) is 94.1 Å². The fraction of sp³-hybridized carbons (Fsp3) is 0.562. The van der Waals surface area contributed by atoms with Crippen molar-refractivity contribution in [3.8, 4) is 11.8 Å². The quantitative estimate of drug-likeness (QED) is 0.101. The first-order chi connectivity index (χ1) is 31.6. The van der Waals surface area contributed by atoms with Crippen LogP contribution in [0.15, 0.2) is 42.9 Å².